The third-order valence-electron chi connectivity index (χ3n) is 5.58. The number of thioether (sulfide) groups is 1. The van der Waals surface area contributed by atoms with Gasteiger partial charge in [0, 0.05) is 19.2 Å². The lowest BCUT2D eigenvalue weighted by Gasteiger charge is -2.25. The summed E-state index contributed by atoms with van der Waals surface area (Å²) in [6.45, 7) is 5.48. The van der Waals surface area contributed by atoms with Crippen LogP contribution >= 0.6 is 11.8 Å². The summed E-state index contributed by atoms with van der Waals surface area (Å²) in [6.07, 6.45) is 2.02. The molecule has 0 N–H and O–H groups in total. The number of benzene rings is 2. The smallest absolute Gasteiger partial charge is 0.233 e. The Labute approximate surface area is 187 Å². The lowest BCUT2D eigenvalue weighted by atomic mass is 10.0. The van der Waals surface area contributed by atoms with Crippen LogP contribution in [-0.4, -0.2) is 44.5 Å². The molecule has 0 saturated carbocycles. The van der Waals surface area contributed by atoms with E-state index in [0.29, 0.717) is 12.4 Å². The number of rotatable bonds is 7. The van der Waals surface area contributed by atoms with Crippen molar-refractivity contribution in [2.24, 2.45) is 7.05 Å². The molecule has 3 aromatic rings. The highest BCUT2D eigenvalue weighted by Gasteiger charge is 2.30. The minimum absolute atomic E-state index is 0.131. The lowest BCUT2D eigenvalue weighted by molar-refractivity contribution is -0.129. The highest BCUT2D eigenvalue weighted by atomic mass is 32.2. The van der Waals surface area contributed by atoms with Gasteiger partial charge in [-0.15, -0.1) is 10.2 Å². The molecule has 1 fully saturated rings. The van der Waals surface area contributed by atoms with Gasteiger partial charge in [-0.1, -0.05) is 47.7 Å². The zero-order valence-electron chi connectivity index (χ0n) is 18.2. The summed E-state index contributed by atoms with van der Waals surface area (Å²) in [5.74, 6) is 2.17. The van der Waals surface area contributed by atoms with Gasteiger partial charge in [-0.05, 0) is 50.5 Å². The number of hydrogen-bond acceptors (Lipinski definition) is 5. The molecule has 1 aliphatic rings. The van der Waals surface area contributed by atoms with E-state index in [0.717, 1.165) is 41.7 Å². The minimum atomic E-state index is 0.131. The number of likely N-dealkylation sites (tertiary alicyclic amines) is 1. The fourth-order valence-corrected chi connectivity index (χ4v) is 4.85. The van der Waals surface area contributed by atoms with Crippen molar-refractivity contribution in [3.8, 4) is 17.1 Å². The summed E-state index contributed by atoms with van der Waals surface area (Å²) >= 11 is 1.45. The van der Waals surface area contributed by atoms with Crippen molar-refractivity contribution in [3.05, 3.63) is 59.7 Å². The van der Waals surface area contributed by atoms with Crippen LogP contribution in [0.2, 0.25) is 0 Å². The Bertz CT molecular complexity index is 1050. The minimum Gasteiger partial charge on any atom is -0.494 e. The number of aromatic nitrogens is 3. The predicted molar refractivity (Wildman–Crippen MR) is 123 cm³/mol. The molecule has 0 radical (unpaired) electrons. The van der Waals surface area contributed by atoms with Gasteiger partial charge in [-0.2, -0.15) is 0 Å². The van der Waals surface area contributed by atoms with Crippen LogP contribution in [0.1, 0.15) is 36.9 Å². The average molecular weight is 437 g/mol. The molecule has 0 spiro atoms. The first-order valence-corrected chi connectivity index (χ1v) is 11.7. The number of carbonyl (C=O) groups excluding carboxylic acids is 1. The molecule has 7 heteroatoms. The van der Waals surface area contributed by atoms with E-state index in [9.17, 15) is 4.79 Å². The van der Waals surface area contributed by atoms with Gasteiger partial charge in [0.25, 0.3) is 0 Å². The van der Waals surface area contributed by atoms with Crippen LogP contribution in [0.5, 0.6) is 5.75 Å². The first-order valence-electron chi connectivity index (χ1n) is 10.7. The van der Waals surface area contributed by atoms with Gasteiger partial charge in [-0.3, -0.25) is 4.79 Å². The Kier molecular flexibility index (Phi) is 6.61. The Morgan fingerprint density at radius 1 is 1.19 bits per heavy atom. The molecule has 6 nitrogen and oxygen atoms in total. The normalized spacial score (nSPS) is 16.0. The number of hydrogen-bond donors (Lipinski definition) is 0. The summed E-state index contributed by atoms with van der Waals surface area (Å²) < 4.78 is 7.50. The van der Waals surface area contributed by atoms with Gasteiger partial charge in [0.15, 0.2) is 11.0 Å². The molecule has 1 aromatic heterocycles. The molecule has 162 valence electrons. The Hall–Kier alpha value is -2.80. The van der Waals surface area contributed by atoms with Crippen molar-refractivity contribution in [2.45, 2.75) is 37.9 Å². The molecular weight excluding hydrogens is 408 g/mol. The fraction of sp³-hybridized carbons (Fsp3) is 0.375. The van der Waals surface area contributed by atoms with Crippen LogP contribution in [-0.2, 0) is 11.8 Å². The molecule has 1 unspecified atom stereocenters. The number of amides is 1. The second-order valence-electron chi connectivity index (χ2n) is 7.77. The zero-order valence-corrected chi connectivity index (χ0v) is 19.1. The second kappa shape index (κ2) is 9.56. The van der Waals surface area contributed by atoms with E-state index in [-0.39, 0.29) is 11.9 Å². The van der Waals surface area contributed by atoms with Crippen LogP contribution in [0.3, 0.4) is 0 Å². The molecule has 1 aliphatic heterocycles. The topological polar surface area (TPSA) is 60.2 Å². The van der Waals surface area contributed by atoms with E-state index < -0.39 is 0 Å². The number of carbonyl (C=O) groups is 1. The predicted octanol–water partition coefficient (Wildman–Crippen LogP) is 4.65. The van der Waals surface area contributed by atoms with Gasteiger partial charge in [0.05, 0.1) is 18.4 Å². The average Bonchev–Trinajstić information content (AvgIpc) is 3.40. The van der Waals surface area contributed by atoms with E-state index in [1.807, 2.05) is 47.7 Å². The molecule has 4 rings (SSSR count). The second-order valence-corrected chi connectivity index (χ2v) is 8.71. The third-order valence-corrected chi connectivity index (χ3v) is 6.59. The molecule has 2 aromatic carbocycles. The molecule has 1 atom stereocenters. The van der Waals surface area contributed by atoms with E-state index in [4.69, 9.17) is 4.74 Å². The molecule has 0 aliphatic carbocycles. The van der Waals surface area contributed by atoms with Crippen LogP contribution in [0, 0.1) is 6.92 Å². The van der Waals surface area contributed by atoms with Crippen molar-refractivity contribution in [1.82, 2.24) is 19.7 Å². The zero-order chi connectivity index (χ0) is 21.8. The highest BCUT2D eigenvalue weighted by molar-refractivity contribution is 7.99. The van der Waals surface area contributed by atoms with Crippen LogP contribution in [0.15, 0.2) is 53.7 Å². The van der Waals surface area contributed by atoms with Gasteiger partial charge in [0.2, 0.25) is 5.91 Å². The third kappa shape index (κ3) is 4.77. The molecule has 1 saturated heterocycles. The van der Waals surface area contributed by atoms with E-state index >= 15 is 0 Å². The first kappa shape index (κ1) is 21.4. The quantitative estimate of drug-likeness (QED) is 0.505. The SMILES string of the molecule is CCOc1ccc(C2CCCN2C(=O)CSc2nnc(-c3cccc(C)c3)n2C)cc1. The number of nitrogens with zero attached hydrogens (tertiary/aromatic N) is 4. The fourth-order valence-electron chi connectivity index (χ4n) is 4.05. The van der Waals surface area contributed by atoms with Gasteiger partial charge in [-0.25, -0.2) is 0 Å². The van der Waals surface area contributed by atoms with Crippen molar-refractivity contribution in [1.29, 1.82) is 0 Å². The highest BCUT2D eigenvalue weighted by Crippen LogP contribution is 2.34. The largest absolute Gasteiger partial charge is 0.494 e. The molecule has 2 heterocycles. The number of aryl methyl sites for hydroxylation is 1. The summed E-state index contributed by atoms with van der Waals surface area (Å²) in [7, 11) is 1.95. The summed E-state index contributed by atoms with van der Waals surface area (Å²) in [5.41, 5.74) is 3.38. The monoisotopic (exact) mass is 436 g/mol. The Balaban J connectivity index is 1.41. The molecular formula is C24H28N4O2S. The van der Waals surface area contributed by atoms with Gasteiger partial charge < -0.3 is 14.2 Å². The number of ether oxygens (including phenoxy) is 1. The van der Waals surface area contributed by atoms with Crippen LogP contribution in [0.4, 0.5) is 0 Å². The van der Waals surface area contributed by atoms with Crippen molar-refractivity contribution >= 4 is 17.7 Å². The van der Waals surface area contributed by atoms with Crippen molar-refractivity contribution in [2.75, 3.05) is 18.9 Å². The van der Waals surface area contributed by atoms with Crippen molar-refractivity contribution in [3.63, 3.8) is 0 Å². The standard InChI is InChI=1S/C24H28N4O2S/c1-4-30-20-12-10-18(11-13-20)21-9-6-14-28(21)22(29)16-31-24-26-25-23(27(24)3)19-8-5-7-17(2)15-19/h5,7-8,10-13,15,21H,4,6,9,14,16H2,1-3H3. The van der Waals surface area contributed by atoms with E-state index in [2.05, 4.69) is 41.4 Å². The lowest BCUT2D eigenvalue weighted by Crippen LogP contribution is -2.32. The van der Waals surface area contributed by atoms with Crippen molar-refractivity contribution < 1.29 is 9.53 Å². The maximum Gasteiger partial charge on any atom is 0.233 e. The Morgan fingerprint density at radius 3 is 2.74 bits per heavy atom. The summed E-state index contributed by atoms with van der Waals surface area (Å²) in [5, 5.41) is 9.41. The Morgan fingerprint density at radius 2 is 2.00 bits per heavy atom. The van der Waals surface area contributed by atoms with Crippen LogP contribution in [0.25, 0.3) is 11.4 Å². The van der Waals surface area contributed by atoms with E-state index in [1.54, 1.807) is 0 Å². The van der Waals surface area contributed by atoms with Gasteiger partial charge >= 0.3 is 0 Å². The van der Waals surface area contributed by atoms with Gasteiger partial charge in [0.1, 0.15) is 5.75 Å². The maximum atomic E-state index is 13.0. The molecule has 0 bridgehead atoms. The summed E-state index contributed by atoms with van der Waals surface area (Å²) in [4.78, 5) is 15.0. The summed E-state index contributed by atoms with van der Waals surface area (Å²) in [6, 6.07) is 16.5. The van der Waals surface area contributed by atoms with Crippen LogP contribution < -0.4 is 4.74 Å². The molecule has 1 amide bonds. The van der Waals surface area contributed by atoms with E-state index in [1.165, 1.54) is 22.9 Å². The maximum absolute atomic E-state index is 13.0. The first-order chi connectivity index (χ1) is 15.1. The molecule has 31 heavy (non-hydrogen) atoms.